The van der Waals surface area contributed by atoms with Gasteiger partial charge in [0.1, 0.15) is 5.75 Å². The average molecular weight is 265 g/mol. The number of halogens is 1. The van der Waals surface area contributed by atoms with Crippen LogP contribution in [-0.4, -0.2) is 17.3 Å². The maximum absolute atomic E-state index is 6.01. The number of benzene rings is 1. The van der Waals surface area contributed by atoms with Crippen molar-refractivity contribution in [2.75, 3.05) is 7.11 Å². The molecule has 0 saturated heterocycles. The molecule has 0 radical (unpaired) electrons. The minimum Gasteiger partial charge on any atom is -0.496 e. The third kappa shape index (κ3) is 2.59. The Bertz CT molecular complexity index is 521. The van der Waals surface area contributed by atoms with E-state index < -0.39 is 0 Å². The van der Waals surface area contributed by atoms with Crippen molar-refractivity contribution in [3.05, 3.63) is 52.8 Å². The predicted octanol–water partition coefficient (Wildman–Crippen LogP) is 1.69. The minimum absolute atomic E-state index is 0.255. The summed E-state index contributed by atoms with van der Waals surface area (Å²) in [5, 5.41) is 8.20. The van der Waals surface area contributed by atoms with Crippen LogP contribution in [0.2, 0.25) is 5.02 Å². The largest absolute Gasteiger partial charge is 0.496 e. The Morgan fingerprint density at radius 3 is 2.78 bits per heavy atom. The Morgan fingerprint density at radius 1 is 1.33 bits per heavy atom. The maximum atomic E-state index is 6.01. The van der Waals surface area contributed by atoms with Crippen LogP contribution in [0, 0.1) is 0 Å². The molecule has 0 aliphatic carbocycles. The van der Waals surface area contributed by atoms with Gasteiger partial charge in [0.25, 0.3) is 0 Å². The van der Waals surface area contributed by atoms with Gasteiger partial charge < -0.3 is 4.74 Å². The van der Waals surface area contributed by atoms with E-state index in [1.807, 2.05) is 12.1 Å². The van der Waals surface area contributed by atoms with Crippen molar-refractivity contribution in [2.45, 2.75) is 6.04 Å². The number of nitrogens with two attached hydrogens (primary N) is 1. The Morgan fingerprint density at radius 2 is 2.17 bits per heavy atom. The fraction of sp³-hybridized carbons (Fsp3) is 0.167. The molecule has 1 atom stereocenters. The number of methoxy groups -OCH3 is 1. The SMILES string of the molecule is COc1ccc(Cl)cc1C(NN)c1ccnnc1. The molecule has 0 saturated carbocycles. The molecule has 0 bridgehead atoms. The fourth-order valence-electron chi connectivity index (χ4n) is 1.77. The van der Waals surface area contributed by atoms with Crippen molar-refractivity contribution < 1.29 is 4.74 Å². The van der Waals surface area contributed by atoms with Crippen LogP contribution in [0.25, 0.3) is 0 Å². The molecule has 94 valence electrons. The first kappa shape index (κ1) is 12.8. The molecule has 0 aliphatic rings. The van der Waals surface area contributed by atoms with Gasteiger partial charge in [-0.1, -0.05) is 11.6 Å². The van der Waals surface area contributed by atoms with Crippen LogP contribution < -0.4 is 16.0 Å². The van der Waals surface area contributed by atoms with E-state index in [1.165, 1.54) is 0 Å². The number of hydrogen-bond donors (Lipinski definition) is 2. The van der Waals surface area contributed by atoms with Crippen molar-refractivity contribution in [3.8, 4) is 5.75 Å². The summed E-state index contributed by atoms with van der Waals surface area (Å²) in [6, 6.07) is 6.96. The van der Waals surface area contributed by atoms with E-state index >= 15 is 0 Å². The molecule has 0 amide bonds. The van der Waals surface area contributed by atoms with Gasteiger partial charge in [0.05, 0.1) is 19.3 Å². The van der Waals surface area contributed by atoms with Gasteiger partial charge in [0.2, 0.25) is 0 Å². The molecular formula is C12H13ClN4O. The van der Waals surface area contributed by atoms with Gasteiger partial charge in [0, 0.05) is 16.8 Å². The van der Waals surface area contributed by atoms with Crippen LogP contribution in [0.5, 0.6) is 5.75 Å². The van der Waals surface area contributed by atoms with Crippen molar-refractivity contribution in [1.29, 1.82) is 0 Å². The van der Waals surface area contributed by atoms with Crippen molar-refractivity contribution in [3.63, 3.8) is 0 Å². The number of ether oxygens (including phenoxy) is 1. The number of hydrazine groups is 1. The van der Waals surface area contributed by atoms with Crippen molar-refractivity contribution in [2.24, 2.45) is 5.84 Å². The van der Waals surface area contributed by atoms with Crippen molar-refractivity contribution >= 4 is 11.6 Å². The van der Waals surface area contributed by atoms with Crippen LogP contribution >= 0.6 is 11.6 Å². The molecule has 5 nitrogen and oxygen atoms in total. The van der Waals surface area contributed by atoms with Crippen LogP contribution in [0.1, 0.15) is 17.2 Å². The number of hydrogen-bond acceptors (Lipinski definition) is 5. The van der Waals surface area contributed by atoms with Gasteiger partial charge in [-0.05, 0) is 29.8 Å². The zero-order valence-corrected chi connectivity index (χ0v) is 10.6. The highest BCUT2D eigenvalue weighted by Crippen LogP contribution is 2.31. The highest BCUT2D eigenvalue weighted by Gasteiger charge is 2.17. The van der Waals surface area contributed by atoms with Gasteiger partial charge >= 0.3 is 0 Å². The summed E-state index contributed by atoms with van der Waals surface area (Å²) in [5.74, 6) is 6.32. The van der Waals surface area contributed by atoms with Crippen LogP contribution in [0.15, 0.2) is 36.7 Å². The quantitative estimate of drug-likeness (QED) is 0.649. The predicted molar refractivity (Wildman–Crippen MR) is 69.2 cm³/mol. The molecule has 0 aliphatic heterocycles. The van der Waals surface area contributed by atoms with Gasteiger partial charge in [-0.25, -0.2) is 5.43 Å². The zero-order valence-electron chi connectivity index (χ0n) is 9.80. The number of rotatable bonds is 4. The first-order chi connectivity index (χ1) is 8.76. The monoisotopic (exact) mass is 264 g/mol. The standard InChI is InChI=1S/C12H13ClN4O/c1-18-11-3-2-9(13)6-10(11)12(17-14)8-4-5-15-16-7-8/h2-7,12,17H,14H2,1H3. The molecule has 1 aromatic heterocycles. The third-order valence-electron chi connectivity index (χ3n) is 2.61. The first-order valence-corrected chi connectivity index (χ1v) is 5.70. The summed E-state index contributed by atoms with van der Waals surface area (Å²) in [5.41, 5.74) is 4.46. The zero-order chi connectivity index (χ0) is 13.0. The Labute approximate surface area is 110 Å². The molecule has 3 N–H and O–H groups in total. The second kappa shape index (κ2) is 5.77. The summed E-state index contributed by atoms with van der Waals surface area (Å²) in [6.07, 6.45) is 3.25. The van der Waals surface area contributed by atoms with Gasteiger partial charge in [-0.2, -0.15) is 10.2 Å². The highest BCUT2D eigenvalue weighted by molar-refractivity contribution is 6.30. The molecule has 6 heteroatoms. The summed E-state index contributed by atoms with van der Waals surface area (Å²) < 4.78 is 5.31. The molecule has 2 rings (SSSR count). The Hall–Kier alpha value is -1.69. The summed E-state index contributed by atoms with van der Waals surface area (Å²) in [4.78, 5) is 0. The lowest BCUT2D eigenvalue weighted by Crippen LogP contribution is -2.29. The van der Waals surface area contributed by atoms with Gasteiger partial charge in [-0.3, -0.25) is 5.84 Å². The highest BCUT2D eigenvalue weighted by atomic mass is 35.5. The lowest BCUT2D eigenvalue weighted by Gasteiger charge is -2.19. The molecule has 1 unspecified atom stereocenters. The number of nitrogens with one attached hydrogen (secondary N) is 1. The molecule has 0 fully saturated rings. The van der Waals surface area contributed by atoms with E-state index in [-0.39, 0.29) is 6.04 Å². The second-order valence-electron chi connectivity index (χ2n) is 3.66. The summed E-state index contributed by atoms with van der Waals surface area (Å²) in [7, 11) is 1.60. The van der Waals surface area contributed by atoms with Crippen LogP contribution in [0.3, 0.4) is 0 Å². The van der Waals surface area contributed by atoms with Crippen LogP contribution in [-0.2, 0) is 0 Å². The van der Waals surface area contributed by atoms with E-state index in [9.17, 15) is 0 Å². The van der Waals surface area contributed by atoms with E-state index in [0.29, 0.717) is 10.8 Å². The first-order valence-electron chi connectivity index (χ1n) is 5.32. The lowest BCUT2D eigenvalue weighted by atomic mass is 10.0. The molecule has 2 aromatic rings. The van der Waals surface area contributed by atoms with E-state index in [0.717, 1.165) is 11.1 Å². The minimum atomic E-state index is -0.255. The number of nitrogens with zero attached hydrogens (tertiary/aromatic N) is 2. The summed E-state index contributed by atoms with van der Waals surface area (Å²) in [6.45, 7) is 0. The molecular weight excluding hydrogens is 252 g/mol. The Balaban J connectivity index is 2.48. The average Bonchev–Trinajstić information content (AvgIpc) is 2.41. The molecule has 1 aromatic carbocycles. The van der Waals surface area contributed by atoms with Gasteiger partial charge in [-0.15, -0.1) is 0 Å². The second-order valence-corrected chi connectivity index (χ2v) is 4.10. The molecule has 18 heavy (non-hydrogen) atoms. The van der Waals surface area contributed by atoms with Gasteiger partial charge in [0.15, 0.2) is 0 Å². The summed E-state index contributed by atoms with van der Waals surface area (Å²) >= 11 is 6.01. The smallest absolute Gasteiger partial charge is 0.124 e. The maximum Gasteiger partial charge on any atom is 0.124 e. The Kier molecular flexibility index (Phi) is 4.09. The fourth-order valence-corrected chi connectivity index (χ4v) is 1.95. The normalized spacial score (nSPS) is 12.2. The van der Waals surface area contributed by atoms with E-state index in [2.05, 4.69) is 15.6 Å². The topological polar surface area (TPSA) is 73.1 Å². The van der Waals surface area contributed by atoms with Crippen molar-refractivity contribution in [1.82, 2.24) is 15.6 Å². The lowest BCUT2D eigenvalue weighted by molar-refractivity contribution is 0.404. The molecule has 0 spiro atoms. The van der Waals surface area contributed by atoms with Crippen LogP contribution in [0.4, 0.5) is 0 Å². The number of aromatic nitrogens is 2. The van der Waals surface area contributed by atoms with E-state index in [4.69, 9.17) is 22.2 Å². The van der Waals surface area contributed by atoms with E-state index in [1.54, 1.807) is 31.6 Å². The molecule has 1 heterocycles. The third-order valence-corrected chi connectivity index (χ3v) is 2.84.